The average Bonchev–Trinajstić information content (AvgIpc) is 3.15. The van der Waals surface area contributed by atoms with Gasteiger partial charge in [0.2, 0.25) is 5.91 Å². The van der Waals surface area contributed by atoms with Crippen molar-refractivity contribution in [3.63, 3.8) is 0 Å². The van der Waals surface area contributed by atoms with Gasteiger partial charge in [0.15, 0.2) is 0 Å². The normalized spacial score (nSPS) is 17.6. The number of carbonyl (C=O) groups is 1. The van der Waals surface area contributed by atoms with E-state index in [2.05, 4.69) is 28.6 Å². The van der Waals surface area contributed by atoms with Crippen LogP contribution >= 0.6 is 0 Å². The smallest absolute Gasteiger partial charge is 0.248 e. The highest BCUT2D eigenvalue weighted by atomic mass is 16.5. The molecule has 2 heterocycles. The van der Waals surface area contributed by atoms with Crippen LogP contribution in [0.3, 0.4) is 0 Å². The van der Waals surface area contributed by atoms with Crippen molar-refractivity contribution in [2.45, 2.75) is 38.6 Å². The topological polar surface area (TPSA) is 47.4 Å². The van der Waals surface area contributed by atoms with Crippen LogP contribution in [0.4, 0.5) is 0 Å². The third-order valence-electron chi connectivity index (χ3n) is 4.81. The number of likely N-dealkylation sites (tertiary alicyclic amines) is 1. The summed E-state index contributed by atoms with van der Waals surface area (Å²) >= 11 is 0. The molecule has 1 aromatic heterocycles. The number of hydrogen-bond donors (Lipinski definition) is 0. The van der Waals surface area contributed by atoms with Crippen molar-refractivity contribution in [3.8, 4) is 0 Å². The van der Waals surface area contributed by atoms with E-state index in [1.165, 1.54) is 5.56 Å². The van der Waals surface area contributed by atoms with Crippen LogP contribution in [0.25, 0.3) is 0 Å². The Balaban J connectivity index is 1.45. The third-order valence-corrected chi connectivity index (χ3v) is 4.81. The maximum atomic E-state index is 12.5. The first-order valence-corrected chi connectivity index (χ1v) is 9.19. The first-order valence-electron chi connectivity index (χ1n) is 9.19. The largest absolute Gasteiger partial charge is 0.371 e. The number of imidazole rings is 1. The van der Waals surface area contributed by atoms with Gasteiger partial charge in [-0.3, -0.25) is 4.79 Å². The fraction of sp³-hybridized carbons (Fsp3) is 0.500. The molecule has 5 heteroatoms. The van der Waals surface area contributed by atoms with E-state index in [1.807, 2.05) is 35.5 Å². The molecule has 1 aromatic carbocycles. The van der Waals surface area contributed by atoms with Gasteiger partial charge in [-0.25, -0.2) is 4.98 Å². The fourth-order valence-electron chi connectivity index (χ4n) is 3.44. The van der Waals surface area contributed by atoms with Crippen LogP contribution in [-0.4, -0.2) is 46.7 Å². The molecule has 5 nitrogen and oxygen atoms in total. The average molecular weight is 341 g/mol. The van der Waals surface area contributed by atoms with Crippen molar-refractivity contribution in [2.24, 2.45) is 0 Å². The lowest BCUT2D eigenvalue weighted by Gasteiger charge is -2.34. The molecule has 1 amide bonds. The molecule has 0 aliphatic carbocycles. The van der Waals surface area contributed by atoms with Gasteiger partial charge >= 0.3 is 0 Å². The number of rotatable bonds is 7. The van der Waals surface area contributed by atoms with Crippen LogP contribution in [0, 0.1) is 0 Å². The lowest BCUT2D eigenvalue weighted by molar-refractivity contribution is -0.137. The summed E-state index contributed by atoms with van der Waals surface area (Å²) in [4.78, 5) is 18.8. The number of piperidine rings is 1. The minimum atomic E-state index is 0.0934. The van der Waals surface area contributed by atoms with Crippen LogP contribution in [0.15, 0.2) is 42.7 Å². The molecular formula is C20H27N3O2. The molecule has 25 heavy (non-hydrogen) atoms. The van der Waals surface area contributed by atoms with Crippen molar-refractivity contribution < 1.29 is 9.53 Å². The minimum absolute atomic E-state index is 0.0934. The highest BCUT2D eigenvalue weighted by molar-refractivity contribution is 5.77. The Bertz CT molecular complexity index is 669. The van der Waals surface area contributed by atoms with Crippen LogP contribution < -0.4 is 0 Å². The van der Waals surface area contributed by atoms with Gasteiger partial charge in [0.05, 0.1) is 12.6 Å². The third kappa shape index (κ3) is 4.69. The fourth-order valence-corrected chi connectivity index (χ4v) is 3.44. The number of amides is 1. The molecule has 0 saturated carbocycles. The number of ether oxygens (including phenoxy) is 1. The van der Waals surface area contributed by atoms with E-state index in [0.29, 0.717) is 12.6 Å². The van der Waals surface area contributed by atoms with Gasteiger partial charge in [-0.15, -0.1) is 0 Å². The molecule has 0 radical (unpaired) electrons. The standard InChI is InChI=1S/C20H27N3O2/c1-2-19-21-11-13-23(19)18-9-6-12-22(15-18)20(24)16-25-14-10-17-7-4-3-5-8-17/h3-5,7-8,11,13,18H,2,6,9-10,12,14-16H2,1H3/t18-/m0/s1. The Morgan fingerprint density at radius 2 is 2.16 bits per heavy atom. The molecule has 134 valence electrons. The summed E-state index contributed by atoms with van der Waals surface area (Å²) in [5.74, 6) is 1.19. The lowest BCUT2D eigenvalue weighted by Crippen LogP contribution is -2.42. The molecular weight excluding hydrogens is 314 g/mol. The molecule has 1 aliphatic heterocycles. The van der Waals surface area contributed by atoms with E-state index in [9.17, 15) is 4.79 Å². The Morgan fingerprint density at radius 1 is 1.32 bits per heavy atom. The molecule has 1 aliphatic rings. The molecule has 1 fully saturated rings. The second-order valence-electron chi connectivity index (χ2n) is 6.53. The van der Waals surface area contributed by atoms with E-state index in [1.54, 1.807) is 0 Å². The molecule has 3 rings (SSSR count). The van der Waals surface area contributed by atoms with Crippen molar-refractivity contribution in [1.82, 2.24) is 14.5 Å². The first-order chi connectivity index (χ1) is 12.3. The van der Waals surface area contributed by atoms with Gasteiger partial charge in [0.25, 0.3) is 0 Å². The van der Waals surface area contributed by atoms with Gasteiger partial charge in [-0.05, 0) is 24.8 Å². The second kappa shape index (κ2) is 8.81. The number of hydrogen-bond acceptors (Lipinski definition) is 3. The maximum Gasteiger partial charge on any atom is 0.248 e. The second-order valence-corrected chi connectivity index (χ2v) is 6.53. The molecule has 1 atom stereocenters. The summed E-state index contributed by atoms with van der Waals surface area (Å²) in [6.45, 7) is 4.45. The van der Waals surface area contributed by atoms with E-state index >= 15 is 0 Å². The number of aryl methyl sites for hydroxylation is 1. The first kappa shape index (κ1) is 17.7. The van der Waals surface area contributed by atoms with Crippen LogP contribution in [-0.2, 0) is 22.4 Å². The summed E-state index contributed by atoms with van der Waals surface area (Å²) in [6.07, 6.45) is 7.77. The Kier molecular flexibility index (Phi) is 6.23. The zero-order chi connectivity index (χ0) is 17.5. The number of carbonyl (C=O) groups excluding carboxylic acids is 1. The Hall–Kier alpha value is -2.14. The number of aromatic nitrogens is 2. The highest BCUT2D eigenvalue weighted by Crippen LogP contribution is 2.23. The number of benzene rings is 1. The van der Waals surface area contributed by atoms with Crippen LogP contribution in [0.2, 0.25) is 0 Å². The van der Waals surface area contributed by atoms with E-state index < -0.39 is 0 Å². The van der Waals surface area contributed by atoms with Gasteiger partial charge in [-0.2, -0.15) is 0 Å². The summed E-state index contributed by atoms with van der Waals surface area (Å²) in [7, 11) is 0. The van der Waals surface area contributed by atoms with E-state index in [0.717, 1.165) is 44.6 Å². The van der Waals surface area contributed by atoms with Crippen molar-refractivity contribution in [3.05, 3.63) is 54.1 Å². The minimum Gasteiger partial charge on any atom is -0.371 e. The summed E-state index contributed by atoms with van der Waals surface area (Å²) in [5, 5.41) is 0. The summed E-state index contributed by atoms with van der Waals surface area (Å²) in [6, 6.07) is 10.5. The Labute approximate surface area is 149 Å². The van der Waals surface area contributed by atoms with E-state index in [4.69, 9.17) is 4.74 Å². The van der Waals surface area contributed by atoms with Gasteiger partial charge < -0.3 is 14.2 Å². The zero-order valence-corrected chi connectivity index (χ0v) is 14.9. The van der Waals surface area contributed by atoms with Crippen molar-refractivity contribution in [2.75, 3.05) is 26.3 Å². The monoisotopic (exact) mass is 341 g/mol. The lowest BCUT2D eigenvalue weighted by atomic mass is 10.1. The quantitative estimate of drug-likeness (QED) is 0.728. The maximum absolute atomic E-state index is 12.5. The molecule has 0 bridgehead atoms. The predicted octanol–water partition coefficient (Wildman–Crippen LogP) is 2.87. The molecule has 0 spiro atoms. The Morgan fingerprint density at radius 3 is 2.96 bits per heavy atom. The molecule has 1 saturated heterocycles. The number of nitrogens with zero attached hydrogens (tertiary/aromatic N) is 3. The molecule has 0 N–H and O–H groups in total. The van der Waals surface area contributed by atoms with Gasteiger partial charge in [0.1, 0.15) is 12.4 Å². The zero-order valence-electron chi connectivity index (χ0n) is 14.9. The molecule has 0 unspecified atom stereocenters. The van der Waals surface area contributed by atoms with Gasteiger partial charge in [-0.1, -0.05) is 37.3 Å². The van der Waals surface area contributed by atoms with Crippen molar-refractivity contribution in [1.29, 1.82) is 0 Å². The predicted molar refractivity (Wildman–Crippen MR) is 97.4 cm³/mol. The van der Waals surface area contributed by atoms with Crippen LogP contribution in [0.5, 0.6) is 0 Å². The molecule has 2 aromatic rings. The summed E-state index contributed by atoms with van der Waals surface area (Å²) in [5.41, 5.74) is 1.24. The summed E-state index contributed by atoms with van der Waals surface area (Å²) < 4.78 is 7.84. The van der Waals surface area contributed by atoms with Gasteiger partial charge in [0, 0.05) is 31.9 Å². The van der Waals surface area contributed by atoms with E-state index in [-0.39, 0.29) is 12.5 Å². The van der Waals surface area contributed by atoms with Crippen LogP contribution in [0.1, 0.15) is 37.2 Å². The van der Waals surface area contributed by atoms with Crippen molar-refractivity contribution >= 4 is 5.91 Å². The highest BCUT2D eigenvalue weighted by Gasteiger charge is 2.25. The SMILES string of the molecule is CCc1nccn1[C@H]1CCCN(C(=O)COCCc2ccccc2)C1.